The lowest BCUT2D eigenvalue weighted by molar-refractivity contribution is -0.385. The van der Waals surface area contributed by atoms with Crippen molar-refractivity contribution in [3.8, 4) is 5.69 Å². The first-order valence-electron chi connectivity index (χ1n) is 5.23. The van der Waals surface area contributed by atoms with Gasteiger partial charge in [-0.3, -0.25) is 20.2 Å². The highest BCUT2D eigenvalue weighted by Gasteiger charge is 2.26. The summed E-state index contributed by atoms with van der Waals surface area (Å²) < 4.78 is 14.4. The first kappa shape index (κ1) is 14.0. The molecule has 0 fully saturated rings. The third-order valence-corrected chi connectivity index (χ3v) is 2.48. The molecule has 10 nitrogen and oxygen atoms in total. The van der Waals surface area contributed by atoms with Crippen molar-refractivity contribution >= 4 is 17.3 Å². The van der Waals surface area contributed by atoms with Crippen LogP contribution in [0, 0.1) is 26.0 Å². The maximum Gasteiger partial charge on any atom is 0.363 e. The number of carboxylic acids is 1. The maximum atomic E-state index is 13.8. The fourth-order valence-corrected chi connectivity index (χ4v) is 1.57. The zero-order valence-electron chi connectivity index (χ0n) is 9.96. The number of carbonyl (C=O) groups is 1. The third kappa shape index (κ3) is 2.51. The Hall–Kier alpha value is -3.37. The molecule has 0 amide bonds. The summed E-state index contributed by atoms with van der Waals surface area (Å²) >= 11 is 0. The summed E-state index contributed by atoms with van der Waals surface area (Å²) in [7, 11) is 0. The number of hydrogen-bond acceptors (Lipinski definition) is 6. The number of carboxylic acid groups (broad SMARTS) is 1. The van der Waals surface area contributed by atoms with E-state index >= 15 is 0 Å². The summed E-state index contributed by atoms with van der Waals surface area (Å²) in [6.45, 7) is 0. The summed E-state index contributed by atoms with van der Waals surface area (Å²) in [6, 6.07) is 2.53. The Morgan fingerprint density at radius 1 is 1.29 bits per heavy atom. The second kappa shape index (κ2) is 4.96. The molecule has 0 aliphatic rings. The van der Waals surface area contributed by atoms with Crippen LogP contribution in [-0.2, 0) is 0 Å². The lowest BCUT2D eigenvalue weighted by atomic mass is 10.2. The van der Waals surface area contributed by atoms with E-state index in [1.54, 1.807) is 0 Å². The van der Waals surface area contributed by atoms with E-state index in [9.17, 15) is 29.4 Å². The van der Waals surface area contributed by atoms with Crippen LogP contribution in [0.3, 0.4) is 0 Å². The molecule has 0 radical (unpaired) electrons. The average Bonchev–Trinajstić information content (AvgIpc) is 2.83. The van der Waals surface area contributed by atoms with Crippen LogP contribution in [0.2, 0.25) is 0 Å². The van der Waals surface area contributed by atoms with E-state index in [1.807, 2.05) is 0 Å². The molecule has 0 spiro atoms. The van der Waals surface area contributed by atoms with E-state index in [0.29, 0.717) is 16.9 Å². The van der Waals surface area contributed by atoms with Crippen LogP contribution in [0.5, 0.6) is 0 Å². The molecular weight excluding hydrogens is 291 g/mol. The number of nitrogens with zero attached hydrogens (tertiary/aromatic N) is 4. The van der Waals surface area contributed by atoms with Gasteiger partial charge >= 0.3 is 11.7 Å². The number of benzene rings is 1. The largest absolute Gasteiger partial charge is 0.476 e. The van der Waals surface area contributed by atoms with Crippen LogP contribution in [0.4, 0.5) is 15.8 Å². The molecule has 2 rings (SSSR count). The zero-order chi connectivity index (χ0) is 15.7. The van der Waals surface area contributed by atoms with Crippen molar-refractivity contribution in [2.45, 2.75) is 0 Å². The first-order valence-corrected chi connectivity index (χ1v) is 5.23. The minimum Gasteiger partial charge on any atom is -0.476 e. The SMILES string of the molecule is O=C(O)c1nn(-c2ccc([N+](=O)[O-])cc2F)cc1[N+](=O)[O-]. The monoisotopic (exact) mass is 296 g/mol. The molecule has 11 heteroatoms. The fourth-order valence-electron chi connectivity index (χ4n) is 1.57. The Balaban J connectivity index is 2.57. The quantitative estimate of drug-likeness (QED) is 0.665. The van der Waals surface area contributed by atoms with Gasteiger partial charge in [0.15, 0.2) is 5.82 Å². The maximum absolute atomic E-state index is 13.8. The molecule has 0 bridgehead atoms. The fraction of sp³-hybridized carbons (Fsp3) is 0. The highest BCUT2D eigenvalue weighted by Crippen LogP contribution is 2.23. The van der Waals surface area contributed by atoms with Crippen LogP contribution in [0.15, 0.2) is 24.4 Å². The second-order valence-electron chi connectivity index (χ2n) is 3.76. The van der Waals surface area contributed by atoms with Gasteiger partial charge in [-0.05, 0) is 6.07 Å². The zero-order valence-corrected chi connectivity index (χ0v) is 9.96. The smallest absolute Gasteiger partial charge is 0.363 e. The lowest BCUT2D eigenvalue weighted by Crippen LogP contribution is -2.04. The van der Waals surface area contributed by atoms with Crippen LogP contribution in [0.1, 0.15) is 10.5 Å². The van der Waals surface area contributed by atoms with E-state index in [-0.39, 0.29) is 5.69 Å². The summed E-state index contributed by atoms with van der Waals surface area (Å²) in [4.78, 5) is 30.2. The molecule has 108 valence electrons. The van der Waals surface area contributed by atoms with Crippen molar-refractivity contribution in [1.29, 1.82) is 0 Å². The molecule has 0 atom stereocenters. The number of halogens is 1. The van der Waals surface area contributed by atoms with Gasteiger partial charge in [0.2, 0.25) is 5.69 Å². The molecular formula is C10H5FN4O6. The van der Waals surface area contributed by atoms with Crippen molar-refractivity contribution in [2.24, 2.45) is 0 Å². The van der Waals surface area contributed by atoms with Gasteiger partial charge in [-0.1, -0.05) is 0 Å². The predicted molar refractivity (Wildman–Crippen MR) is 63.8 cm³/mol. The Morgan fingerprint density at radius 2 is 1.95 bits per heavy atom. The summed E-state index contributed by atoms with van der Waals surface area (Å²) in [5, 5.41) is 33.4. The average molecular weight is 296 g/mol. The van der Waals surface area contributed by atoms with E-state index in [0.717, 1.165) is 12.1 Å². The Labute approximate surface area is 114 Å². The molecule has 0 unspecified atom stereocenters. The van der Waals surface area contributed by atoms with Crippen molar-refractivity contribution in [1.82, 2.24) is 9.78 Å². The van der Waals surface area contributed by atoms with Gasteiger partial charge in [0.1, 0.15) is 11.9 Å². The summed E-state index contributed by atoms with van der Waals surface area (Å²) in [5.41, 5.74) is -2.55. The van der Waals surface area contributed by atoms with E-state index in [1.165, 1.54) is 0 Å². The molecule has 1 aromatic carbocycles. The molecule has 0 aliphatic heterocycles. The van der Waals surface area contributed by atoms with Crippen LogP contribution >= 0.6 is 0 Å². The molecule has 1 aromatic heterocycles. The van der Waals surface area contributed by atoms with Gasteiger partial charge in [-0.25, -0.2) is 13.9 Å². The Kier molecular flexibility index (Phi) is 3.32. The Morgan fingerprint density at radius 3 is 2.38 bits per heavy atom. The standard InChI is InChI=1S/C10H5FN4O6/c11-6-3-5(14(18)19)1-2-7(6)13-4-8(15(20)21)9(12-13)10(16)17/h1-4H,(H,16,17). The molecule has 2 aromatic rings. The molecule has 0 saturated heterocycles. The van der Waals surface area contributed by atoms with Crippen LogP contribution < -0.4 is 0 Å². The number of hydrogen-bond donors (Lipinski definition) is 1. The topological polar surface area (TPSA) is 141 Å². The lowest BCUT2D eigenvalue weighted by Gasteiger charge is -2.01. The minimum atomic E-state index is -1.65. The van der Waals surface area contributed by atoms with E-state index in [4.69, 9.17) is 5.11 Å². The van der Waals surface area contributed by atoms with Crippen molar-refractivity contribution in [3.63, 3.8) is 0 Å². The van der Waals surface area contributed by atoms with Crippen molar-refractivity contribution < 1.29 is 24.1 Å². The van der Waals surface area contributed by atoms with Gasteiger partial charge in [0, 0.05) is 6.07 Å². The summed E-state index contributed by atoms with van der Waals surface area (Å²) in [5.74, 6) is -2.72. The number of aromatic carboxylic acids is 1. The van der Waals surface area contributed by atoms with Gasteiger partial charge in [0.25, 0.3) is 5.69 Å². The highest BCUT2D eigenvalue weighted by molar-refractivity contribution is 5.89. The number of rotatable bonds is 4. The molecule has 0 saturated carbocycles. The number of nitro groups is 2. The van der Waals surface area contributed by atoms with Gasteiger partial charge in [-0.2, -0.15) is 5.10 Å². The molecule has 0 aliphatic carbocycles. The predicted octanol–water partition coefficient (Wildman–Crippen LogP) is 1.53. The minimum absolute atomic E-state index is 0.351. The van der Waals surface area contributed by atoms with Crippen molar-refractivity contribution in [2.75, 3.05) is 0 Å². The van der Waals surface area contributed by atoms with Crippen LogP contribution in [0.25, 0.3) is 5.69 Å². The summed E-state index contributed by atoms with van der Waals surface area (Å²) in [6.07, 6.45) is 0.716. The van der Waals surface area contributed by atoms with E-state index in [2.05, 4.69) is 5.10 Å². The number of aromatic nitrogens is 2. The van der Waals surface area contributed by atoms with Gasteiger partial charge in [-0.15, -0.1) is 0 Å². The Bertz CT molecular complexity index is 739. The van der Waals surface area contributed by atoms with Crippen LogP contribution in [-0.4, -0.2) is 30.7 Å². The number of non-ortho nitro benzene ring substituents is 1. The molecule has 1 heterocycles. The molecule has 21 heavy (non-hydrogen) atoms. The van der Waals surface area contributed by atoms with Gasteiger partial charge < -0.3 is 5.11 Å². The molecule has 1 N–H and O–H groups in total. The number of nitro benzene ring substituents is 1. The first-order chi connectivity index (χ1) is 9.81. The van der Waals surface area contributed by atoms with Crippen molar-refractivity contribution in [3.05, 3.63) is 56.1 Å². The highest BCUT2D eigenvalue weighted by atomic mass is 19.1. The second-order valence-corrected chi connectivity index (χ2v) is 3.76. The normalized spacial score (nSPS) is 10.3. The van der Waals surface area contributed by atoms with Gasteiger partial charge in [0.05, 0.1) is 15.9 Å². The third-order valence-electron chi connectivity index (χ3n) is 2.48. The van der Waals surface area contributed by atoms with E-state index < -0.39 is 38.7 Å².